The first kappa shape index (κ1) is 9.21. The zero-order valence-corrected chi connectivity index (χ0v) is 7.97. The fraction of sp³-hybridized carbons (Fsp3) is 0.500. The highest BCUT2D eigenvalue weighted by Crippen LogP contribution is 1.98. The molecule has 0 aromatic heterocycles. The molecular formula is C8H13I. The molecule has 0 rings (SSSR count). The van der Waals surface area contributed by atoms with E-state index >= 15 is 0 Å². The minimum atomic E-state index is 1.22. The van der Waals surface area contributed by atoms with Gasteiger partial charge in [0.15, 0.2) is 0 Å². The van der Waals surface area contributed by atoms with Crippen molar-refractivity contribution >= 4 is 22.6 Å². The predicted octanol–water partition coefficient (Wildman–Crippen LogP) is 3.68. The molecule has 0 aromatic carbocycles. The second-order valence-corrected chi connectivity index (χ2v) is 2.58. The monoisotopic (exact) mass is 236 g/mol. The summed E-state index contributed by atoms with van der Waals surface area (Å²) in [6.07, 6.45) is 10.2. The Morgan fingerprint density at radius 3 is 2.44 bits per heavy atom. The quantitative estimate of drug-likeness (QED) is 0.396. The number of allylic oxidation sites excluding steroid dienone is 3. The van der Waals surface area contributed by atoms with Crippen LogP contribution in [-0.2, 0) is 0 Å². The first-order valence-corrected chi connectivity index (χ1v) is 4.52. The summed E-state index contributed by atoms with van der Waals surface area (Å²) >= 11 is 2.25. The Labute approximate surface area is 71.2 Å². The third kappa shape index (κ3) is 8.21. The Morgan fingerprint density at radius 2 is 1.89 bits per heavy atom. The van der Waals surface area contributed by atoms with Crippen LogP contribution in [0.1, 0.15) is 26.2 Å². The van der Waals surface area contributed by atoms with Gasteiger partial charge in [-0.1, -0.05) is 40.8 Å². The number of unbranched alkanes of at least 4 members (excludes halogenated alkanes) is 2. The van der Waals surface area contributed by atoms with Crippen molar-refractivity contribution in [3.63, 3.8) is 0 Å². The van der Waals surface area contributed by atoms with Gasteiger partial charge < -0.3 is 0 Å². The number of hydrogen-bond acceptors (Lipinski definition) is 0. The SMILES string of the molecule is C/C=C\CCC/C=C\I. The lowest BCUT2D eigenvalue weighted by Gasteiger charge is -1.86. The molecule has 0 amide bonds. The second-order valence-electron chi connectivity index (χ2n) is 1.86. The predicted molar refractivity (Wildman–Crippen MR) is 51.8 cm³/mol. The van der Waals surface area contributed by atoms with Gasteiger partial charge in [0.1, 0.15) is 0 Å². The molecule has 0 heterocycles. The molecule has 0 saturated heterocycles. The molecule has 0 aliphatic heterocycles. The van der Waals surface area contributed by atoms with Crippen LogP contribution < -0.4 is 0 Å². The molecule has 0 spiro atoms. The van der Waals surface area contributed by atoms with Crippen LogP contribution >= 0.6 is 22.6 Å². The smallest absolute Gasteiger partial charge is 0.0274 e. The van der Waals surface area contributed by atoms with E-state index in [-0.39, 0.29) is 0 Å². The van der Waals surface area contributed by atoms with Crippen molar-refractivity contribution in [1.82, 2.24) is 0 Å². The van der Waals surface area contributed by atoms with Gasteiger partial charge in [-0.15, -0.1) is 0 Å². The summed E-state index contributed by atoms with van der Waals surface area (Å²) in [6.45, 7) is 2.06. The molecule has 0 atom stereocenters. The lowest BCUT2D eigenvalue weighted by atomic mass is 10.2. The molecule has 0 fully saturated rings. The zero-order valence-electron chi connectivity index (χ0n) is 5.81. The number of hydrogen-bond donors (Lipinski definition) is 0. The minimum absolute atomic E-state index is 1.22. The van der Waals surface area contributed by atoms with Crippen molar-refractivity contribution in [2.75, 3.05) is 0 Å². The van der Waals surface area contributed by atoms with E-state index in [0.29, 0.717) is 0 Å². The summed E-state index contributed by atoms with van der Waals surface area (Å²) in [4.78, 5) is 0. The highest BCUT2D eigenvalue weighted by atomic mass is 127. The molecule has 0 aliphatic rings. The molecular weight excluding hydrogens is 223 g/mol. The van der Waals surface area contributed by atoms with Crippen molar-refractivity contribution in [3.8, 4) is 0 Å². The Kier molecular flexibility index (Phi) is 8.40. The van der Waals surface area contributed by atoms with E-state index in [4.69, 9.17) is 0 Å². The Morgan fingerprint density at radius 1 is 1.22 bits per heavy atom. The van der Waals surface area contributed by atoms with Crippen LogP contribution in [0.3, 0.4) is 0 Å². The normalized spacial score (nSPS) is 11.8. The fourth-order valence-electron chi connectivity index (χ4n) is 0.583. The maximum Gasteiger partial charge on any atom is -0.0274 e. The molecule has 0 N–H and O–H groups in total. The van der Waals surface area contributed by atoms with Crippen LogP contribution in [0.15, 0.2) is 22.3 Å². The van der Waals surface area contributed by atoms with Gasteiger partial charge in [-0.25, -0.2) is 0 Å². The van der Waals surface area contributed by atoms with Gasteiger partial charge in [0.2, 0.25) is 0 Å². The van der Waals surface area contributed by atoms with Crippen LogP contribution in [0.25, 0.3) is 0 Å². The van der Waals surface area contributed by atoms with Crippen molar-refractivity contribution in [3.05, 3.63) is 22.3 Å². The largest absolute Gasteiger partial charge is 0.0917 e. The molecule has 0 radical (unpaired) electrons. The molecule has 0 bridgehead atoms. The van der Waals surface area contributed by atoms with E-state index in [0.717, 1.165) is 0 Å². The summed E-state index contributed by atoms with van der Waals surface area (Å²) in [5.74, 6) is 0. The van der Waals surface area contributed by atoms with Crippen LogP contribution in [0.5, 0.6) is 0 Å². The lowest BCUT2D eigenvalue weighted by Crippen LogP contribution is -1.66. The van der Waals surface area contributed by atoms with E-state index in [9.17, 15) is 0 Å². The summed E-state index contributed by atoms with van der Waals surface area (Å²) < 4.78 is 2.08. The van der Waals surface area contributed by atoms with Gasteiger partial charge in [-0.2, -0.15) is 0 Å². The second kappa shape index (κ2) is 8.21. The Bertz CT molecular complexity index is 80.7. The molecule has 0 unspecified atom stereocenters. The van der Waals surface area contributed by atoms with Crippen molar-refractivity contribution < 1.29 is 0 Å². The average Bonchev–Trinajstić information content (AvgIpc) is 1.89. The van der Waals surface area contributed by atoms with Crippen LogP contribution in [0.4, 0.5) is 0 Å². The highest BCUT2D eigenvalue weighted by Gasteiger charge is 1.77. The third-order valence-electron chi connectivity index (χ3n) is 1.07. The molecule has 0 saturated carbocycles. The van der Waals surface area contributed by atoms with Gasteiger partial charge in [0.05, 0.1) is 0 Å². The molecule has 1 heteroatoms. The van der Waals surface area contributed by atoms with Crippen LogP contribution in [0, 0.1) is 0 Å². The number of halogens is 1. The Hall–Kier alpha value is 0.210. The molecule has 9 heavy (non-hydrogen) atoms. The van der Waals surface area contributed by atoms with Crippen molar-refractivity contribution in [2.24, 2.45) is 0 Å². The maximum absolute atomic E-state index is 2.25. The van der Waals surface area contributed by atoms with Gasteiger partial charge in [0, 0.05) is 0 Å². The minimum Gasteiger partial charge on any atom is -0.0917 e. The Balaban J connectivity index is 2.91. The van der Waals surface area contributed by atoms with E-state index in [1.807, 2.05) is 0 Å². The number of rotatable bonds is 4. The molecule has 52 valence electrons. The first-order valence-electron chi connectivity index (χ1n) is 3.28. The topological polar surface area (TPSA) is 0 Å². The van der Waals surface area contributed by atoms with Crippen LogP contribution in [-0.4, -0.2) is 0 Å². The van der Waals surface area contributed by atoms with E-state index < -0.39 is 0 Å². The van der Waals surface area contributed by atoms with Gasteiger partial charge >= 0.3 is 0 Å². The summed E-state index contributed by atoms with van der Waals surface area (Å²) in [5.41, 5.74) is 0. The van der Waals surface area contributed by atoms with Crippen molar-refractivity contribution in [1.29, 1.82) is 0 Å². The first-order chi connectivity index (χ1) is 4.41. The van der Waals surface area contributed by atoms with E-state index in [1.165, 1.54) is 19.3 Å². The maximum atomic E-state index is 2.25. The molecule has 0 nitrogen and oxygen atoms in total. The van der Waals surface area contributed by atoms with Gasteiger partial charge in [-0.05, 0) is 30.3 Å². The summed E-state index contributed by atoms with van der Waals surface area (Å²) in [6, 6.07) is 0. The molecule has 0 aromatic rings. The lowest BCUT2D eigenvalue weighted by molar-refractivity contribution is 0.868. The highest BCUT2D eigenvalue weighted by molar-refractivity contribution is 14.1. The van der Waals surface area contributed by atoms with Gasteiger partial charge in [0.25, 0.3) is 0 Å². The fourth-order valence-corrected chi connectivity index (χ4v) is 0.943. The van der Waals surface area contributed by atoms with Crippen molar-refractivity contribution in [2.45, 2.75) is 26.2 Å². The van der Waals surface area contributed by atoms with E-state index in [2.05, 4.69) is 51.8 Å². The zero-order chi connectivity index (χ0) is 6.95. The van der Waals surface area contributed by atoms with Crippen LogP contribution in [0.2, 0.25) is 0 Å². The summed E-state index contributed by atoms with van der Waals surface area (Å²) in [5, 5.41) is 0. The standard InChI is InChI=1S/C8H13I/c1-2-3-4-5-6-7-8-9/h2-3,7-8H,4-6H2,1H3/b3-2-,8-7-. The third-order valence-corrected chi connectivity index (χ3v) is 1.57. The average molecular weight is 236 g/mol. The van der Waals surface area contributed by atoms with Gasteiger partial charge in [-0.3, -0.25) is 0 Å². The summed E-state index contributed by atoms with van der Waals surface area (Å²) in [7, 11) is 0. The molecule has 0 aliphatic carbocycles. The van der Waals surface area contributed by atoms with E-state index in [1.54, 1.807) is 0 Å².